The summed E-state index contributed by atoms with van der Waals surface area (Å²) in [5.74, 6) is -1.03. The molecule has 1 fully saturated rings. The molecule has 0 aromatic heterocycles. The van der Waals surface area contributed by atoms with Crippen LogP contribution in [0, 0.1) is 0 Å². The van der Waals surface area contributed by atoms with E-state index in [1.807, 2.05) is 0 Å². The minimum atomic E-state index is -1.03. The standard InChI is InChI=1S/C12H13BrN2O4/c13-9-2-1-8(11(16)17)7-10(9)14-12(18)15-3-5-19-6-4-15/h1-2,7H,3-6H2,(H,14,18)(H,16,17). The molecule has 19 heavy (non-hydrogen) atoms. The molecule has 0 aliphatic carbocycles. The van der Waals surface area contributed by atoms with Crippen LogP contribution in [-0.2, 0) is 4.74 Å². The lowest BCUT2D eigenvalue weighted by molar-refractivity contribution is 0.0564. The summed E-state index contributed by atoms with van der Waals surface area (Å²) in [5, 5.41) is 11.6. The van der Waals surface area contributed by atoms with Crippen molar-refractivity contribution in [2.45, 2.75) is 0 Å². The van der Waals surface area contributed by atoms with Crippen LogP contribution in [0.5, 0.6) is 0 Å². The smallest absolute Gasteiger partial charge is 0.335 e. The van der Waals surface area contributed by atoms with Crippen LogP contribution in [0.1, 0.15) is 10.4 Å². The summed E-state index contributed by atoms with van der Waals surface area (Å²) in [4.78, 5) is 24.5. The number of carbonyl (C=O) groups excluding carboxylic acids is 1. The number of amides is 2. The Kier molecular flexibility index (Phi) is 4.39. The lowest BCUT2D eigenvalue weighted by Gasteiger charge is -2.27. The number of benzene rings is 1. The Morgan fingerprint density at radius 3 is 2.63 bits per heavy atom. The number of carbonyl (C=O) groups is 2. The first kappa shape index (κ1) is 13.8. The summed E-state index contributed by atoms with van der Waals surface area (Å²) in [6.45, 7) is 2.09. The van der Waals surface area contributed by atoms with Gasteiger partial charge in [-0.15, -0.1) is 0 Å². The fourth-order valence-corrected chi connectivity index (χ4v) is 2.06. The molecule has 0 atom stereocenters. The molecule has 0 radical (unpaired) electrons. The van der Waals surface area contributed by atoms with Crippen molar-refractivity contribution in [2.75, 3.05) is 31.6 Å². The zero-order valence-electron chi connectivity index (χ0n) is 10.1. The number of urea groups is 1. The van der Waals surface area contributed by atoms with Gasteiger partial charge < -0.3 is 20.1 Å². The fourth-order valence-electron chi connectivity index (χ4n) is 1.71. The van der Waals surface area contributed by atoms with Gasteiger partial charge in [-0.3, -0.25) is 0 Å². The summed E-state index contributed by atoms with van der Waals surface area (Å²) in [6.07, 6.45) is 0. The minimum Gasteiger partial charge on any atom is -0.478 e. The highest BCUT2D eigenvalue weighted by Gasteiger charge is 2.18. The highest BCUT2D eigenvalue weighted by Crippen LogP contribution is 2.24. The van der Waals surface area contributed by atoms with E-state index >= 15 is 0 Å². The first-order chi connectivity index (χ1) is 9.08. The number of aromatic carboxylic acids is 1. The van der Waals surface area contributed by atoms with E-state index in [2.05, 4.69) is 21.2 Å². The van der Waals surface area contributed by atoms with Crippen molar-refractivity contribution in [1.29, 1.82) is 0 Å². The first-order valence-electron chi connectivity index (χ1n) is 5.74. The quantitative estimate of drug-likeness (QED) is 0.870. The van der Waals surface area contributed by atoms with Gasteiger partial charge >= 0.3 is 12.0 Å². The first-order valence-corrected chi connectivity index (χ1v) is 6.54. The largest absolute Gasteiger partial charge is 0.478 e. The molecule has 0 spiro atoms. The lowest BCUT2D eigenvalue weighted by Crippen LogP contribution is -2.43. The Hall–Kier alpha value is -1.60. The topological polar surface area (TPSA) is 78.9 Å². The van der Waals surface area contributed by atoms with E-state index in [-0.39, 0.29) is 11.6 Å². The minimum absolute atomic E-state index is 0.125. The van der Waals surface area contributed by atoms with Gasteiger partial charge in [0.25, 0.3) is 0 Å². The number of halogens is 1. The number of hydrogen-bond donors (Lipinski definition) is 2. The number of carboxylic acids is 1. The maximum Gasteiger partial charge on any atom is 0.335 e. The van der Waals surface area contributed by atoms with E-state index in [0.717, 1.165) is 0 Å². The molecule has 7 heteroatoms. The summed E-state index contributed by atoms with van der Waals surface area (Å²) in [6, 6.07) is 4.23. The van der Waals surface area contributed by atoms with Crippen LogP contribution in [0.3, 0.4) is 0 Å². The molecule has 2 amide bonds. The number of anilines is 1. The van der Waals surface area contributed by atoms with Crippen LogP contribution in [-0.4, -0.2) is 48.3 Å². The molecule has 1 aliphatic rings. The Balaban J connectivity index is 2.11. The number of nitrogens with one attached hydrogen (secondary N) is 1. The third-order valence-corrected chi connectivity index (χ3v) is 3.44. The molecule has 102 valence electrons. The van der Waals surface area contributed by atoms with Crippen molar-refractivity contribution >= 4 is 33.6 Å². The number of rotatable bonds is 2. The average molecular weight is 329 g/mol. The van der Waals surface area contributed by atoms with Gasteiger partial charge in [-0.25, -0.2) is 9.59 Å². The molecular weight excluding hydrogens is 316 g/mol. The highest BCUT2D eigenvalue weighted by molar-refractivity contribution is 9.10. The number of carboxylic acid groups (broad SMARTS) is 1. The summed E-state index contributed by atoms with van der Waals surface area (Å²) in [5.41, 5.74) is 0.567. The molecular formula is C12H13BrN2O4. The van der Waals surface area contributed by atoms with Crippen molar-refractivity contribution in [3.63, 3.8) is 0 Å². The molecule has 0 saturated carbocycles. The van der Waals surface area contributed by atoms with Gasteiger partial charge in [0.1, 0.15) is 0 Å². The SMILES string of the molecule is O=C(O)c1ccc(Br)c(NC(=O)N2CCOCC2)c1. The molecule has 1 aromatic carbocycles. The summed E-state index contributed by atoms with van der Waals surface area (Å²) < 4.78 is 5.80. The molecule has 6 nitrogen and oxygen atoms in total. The molecule has 0 unspecified atom stereocenters. The molecule has 2 N–H and O–H groups in total. The van der Waals surface area contributed by atoms with Crippen molar-refractivity contribution in [3.8, 4) is 0 Å². The van der Waals surface area contributed by atoms with E-state index < -0.39 is 5.97 Å². The maximum absolute atomic E-state index is 12.0. The van der Waals surface area contributed by atoms with Gasteiger partial charge in [-0.1, -0.05) is 0 Å². The van der Waals surface area contributed by atoms with Crippen LogP contribution in [0.25, 0.3) is 0 Å². The normalized spacial score (nSPS) is 15.1. The number of nitrogens with zero attached hydrogens (tertiary/aromatic N) is 1. The predicted molar refractivity (Wildman–Crippen MR) is 72.5 cm³/mol. The second-order valence-corrected chi connectivity index (χ2v) is 4.88. The second kappa shape index (κ2) is 6.03. The van der Waals surface area contributed by atoms with Gasteiger partial charge in [0.05, 0.1) is 24.5 Å². The monoisotopic (exact) mass is 328 g/mol. The number of ether oxygens (including phenoxy) is 1. The Bertz CT molecular complexity index is 501. The van der Waals surface area contributed by atoms with Crippen molar-refractivity contribution in [3.05, 3.63) is 28.2 Å². The van der Waals surface area contributed by atoms with E-state index in [0.29, 0.717) is 36.5 Å². The van der Waals surface area contributed by atoms with Crippen LogP contribution in [0.4, 0.5) is 10.5 Å². The third-order valence-electron chi connectivity index (χ3n) is 2.75. The van der Waals surface area contributed by atoms with Crippen LogP contribution >= 0.6 is 15.9 Å². The van der Waals surface area contributed by atoms with E-state index in [1.165, 1.54) is 12.1 Å². The molecule has 1 aliphatic heterocycles. The van der Waals surface area contributed by atoms with Crippen molar-refractivity contribution < 1.29 is 19.4 Å². The van der Waals surface area contributed by atoms with E-state index in [1.54, 1.807) is 11.0 Å². The van der Waals surface area contributed by atoms with Crippen molar-refractivity contribution in [2.24, 2.45) is 0 Å². The average Bonchev–Trinajstić information content (AvgIpc) is 2.42. The molecule has 1 saturated heterocycles. The van der Waals surface area contributed by atoms with E-state index in [9.17, 15) is 9.59 Å². The van der Waals surface area contributed by atoms with Gasteiger partial charge in [-0.05, 0) is 34.1 Å². The van der Waals surface area contributed by atoms with Gasteiger partial charge in [0, 0.05) is 17.6 Å². The van der Waals surface area contributed by atoms with Crippen LogP contribution in [0.15, 0.2) is 22.7 Å². The Morgan fingerprint density at radius 2 is 2.00 bits per heavy atom. The Labute approximate surface area is 118 Å². The molecule has 1 aromatic rings. The molecule has 1 heterocycles. The Morgan fingerprint density at radius 1 is 1.32 bits per heavy atom. The zero-order valence-corrected chi connectivity index (χ0v) is 11.6. The van der Waals surface area contributed by atoms with Crippen LogP contribution < -0.4 is 5.32 Å². The number of morpholine rings is 1. The second-order valence-electron chi connectivity index (χ2n) is 4.03. The molecule has 0 bridgehead atoms. The lowest BCUT2D eigenvalue weighted by atomic mass is 10.2. The van der Waals surface area contributed by atoms with Gasteiger partial charge in [0.2, 0.25) is 0 Å². The van der Waals surface area contributed by atoms with Crippen molar-refractivity contribution in [1.82, 2.24) is 4.90 Å². The molecule has 2 rings (SSSR count). The zero-order chi connectivity index (χ0) is 13.8. The summed E-state index contributed by atoms with van der Waals surface area (Å²) >= 11 is 3.28. The van der Waals surface area contributed by atoms with Crippen LogP contribution in [0.2, 0.25) is 0 Å². The maximum atomic E-state index is 12.0. The summed E-state index contributed by atoms with van der Waals surface area (Å²) in [7, 11) is 0. The number of hydrogen-bond acceptors (Lipinski definition) is 3. The van der Waals surface area contributed by atoms with Gasteiger partial charge in [0.15, 0.2) is 0 Å². The highest BCUT2D eigenvalue weighted by atomic mass is 79.9. The van der Waals surface area contributed by atoms with Gasteiger partial charge in [-0.2, -0.15) is 0 Å². The fraction of sp³-hybridized carbons (Fsp3) is 0.333. The predicted octanol–water partition coefficient (Wildman–Crippen LogP) is 2.01. The third kappa shape index (κ3) is 3.45. The van der Waals surface area contributed by atoms with E-state index in [4.69, 9.17) is 9.84 Å².